The molecule has 2 saturated heterocycles. The van der Waals surface area contributed by atoms with Crippen LogP contribution in [-0.4, -0.2) is 113 Å². The fraction of sp³-hybridized carbons (Fsp3) is 0.559. The highest BCUT2D eigenvalue weighted by atomic mass is 19.1. The van der Waals surface area contributed by atoms with Crippen LogP contribution in [0.4, 0.5) is 4.39 Å². The number of aromatic nitrogens is 2. The number of aliphatic hydroxyl groups is 1. The molecule has 2 aromatic rings. The summed E-state index contributed by atoms with van der Waals surface area (Å²) in [5, 5.41) is 19.5. The first-order valence-corrected chi connectivity index (χ1v) is 16.0. The Morgan fingerprint density at radius 1 is 1.09 bits per heavy atom. The fourth-order valence-corrected chi connectivity index (χ4v) is 6.49. The van der Waals surface area contributed by atoms with E-state index >= 15 is 4.39 Å². The molecule has 2 fully saturated rings. The van der Waals surface area contributed by atoms with Gasteiger partial charge in [0.05, 0.1) is 25.9 Å². The number of carboxylic acids is 1. The van der Waals surface area contributed by atoms with E-state index in [0.29, 0.717) is 37.1 Å². The minimum absolute atomic E-state index is 0.0731. The van der Waals surface area contributed by atoms with Gasteiger partial charge in [-0.3, -0.25) is 9.69 Å². The summed E-state index contributed by atoms with van der Waals surface area (Å²) in [6.07, 6.45) is 6.99. The largest absolute Gasteiger partial charge is 0.481 e. The van der Waals surface area contributed by atoms with Crippen LogP contribution in [0.3, 0.4) is 0 Å². The standard InChI is InChI=1S/C34H45FN4O7/c1-23-9-4-5-10-25(23)26-11-6-15-34(29(26)35,46-20-8-16-38-18-13-24(40)14-19-38)22-45-33-36-30(43-2)27(31(37-33)44-3)21-39-17-7-12-28(39)32(41)42/h4-6,9-11,15,24,28-29,40H,7-8,12-14,16-22H2,1-3H3,(H,41,42)/t28-,29?,34?/m0/s1. The molecule has 1 aromatic heterocycles. The first-order valence-electron chi connectivity index (χ1n) is 16.0. The number of carboxylic acid groups (broad SMARTS) is 1. The van der Waals surface area contributed by atoms with Crippen LogP contribution in [0, 0.1) is 6.92 Å². The lowest BCUT2D eigenvalue weighted by atomic mass is 9.83. The van der Waals surface area contributed by atoms with Gasteiger partial charge < -0.3 is 34.1 Å². The molecule has 2 unspecified atom stereocenters. The number of hydrogen-bond donors (Lipinski definition) is 2. The molecule has 0 saturated carbocycles. The number of hydrogen-bond acceptors (Lipinski definition) is 10. The molecule has 2 aliphatic heterocycles. The topological polar surface area (TPSA) is 127 Å². The van der Waals surface area contributed by atoms with E-state index < -0.39 is 23.8 Å². The van der Waals surface area contributed by atoms with Crippen LogP contribution in [0.2, 0.25) is 0 Å². The molecule has 3 heterocycles. The van der Waals surface area contributed by atoms with Gasteiger partial charge in [0.2, 0.25) is 11.8 Å². The Bertz CT molecular complexity index is 1390. The average molecular weight is 641 g/mol. The summed E-state index contributed by atoms with van der Waals surface area (Å²) in [4.78, 5) is 24.8. The van der Waals surface area contributed by atoms with Gasteiger partial charge in [0.25, 0.3) is 0 Å². The number of alkyl halides is 1. The molecule has 5 rings (SSSR count). The Morgan fingerprint density at radius 2 is 1.80 bits per heavy atom. The van der Waals surface area contributed by atoms with Crippen LogP contribution in [-0.2, 0) is 16.1 Å². The van der Waals surface area contributed by atoms with Crippen LogP contribution in [0.1, 0.15) is 48.8 Å². The monoisotopic (exact) mass is 640 g/mol. The van der Waals surface area contributed by atoms with Crippen molar-refractivity contribution in [3.63, 3.8) is 0 Å². The molecule has 2 N–H and O–H groups in total. The Hall–Kier alpha value is -3.58. The first kappa shape index (κ1) is 33.8. The lowest BCUT2D eigenvalue weighted by Crippen LogP contribution is -2.48. The highest BCUT2D eigenvalue weighted by Crippen LogP contribution is 2.38. The maximum Gasteiger partial charge on any atom is 0.323 e. The zero-order chi connectivity index (χ0) is 32.7. The van der Waals surface area contributed by atoms with Crippen molar-refractivity contribution in [1.29, 1.82) is 0 Å². The number of aliphatic carboxylic acids is 1. The third-order valence-electron chi connectivity index (χ3n) is 9.09. The number of aliphatic hydroxyl groups excluding tert-OH is 1. The molecule has 1 aliphatic carbocycles. The third-order valence-corrected chi connectivity index (χ3v) is 9.09. The maximum atomic E-state index is 16.7. The number of likely N-dealkylation sites (tertiary alicyclic amines) is 2. The van der Waals surface area contributed by atoms with E-state index in [9.17, 15) is 15.0 Å². The Labute approximate surface area is 269 Å². The molecule has 3 aliphatic rings. The summed E-state index contributed by atoms with van der Waals surface area (Å²) in [6, 6.07) is 6.97. The molecule has 1 aromatic carbocycles. The van der Waals surface area contributed by atoms with Crippen molar-refractivity contribution in [2.75, 3.05) is 53.6 Å². The van der Waals surface area contributed by atoms with Crippen LogP contribution in [0.5, 0.6) is 17.8 Å². The Kier molecular flexibility index (Phi) is 11.3. The molecular formula is C34H45FN4O7. The second-order valence-corrected chi connectivity index (χ2v) is 12.1. The normalized spacial score (nSPS) is 24.2. The van der Waals surface area contributed by atoms with E-state index in [1.54, 1.807) is 18.2 Å². The summed E-state index contributed by atoms with van der Waals surface area (Å²) in [6.45, 7) is 5.30. The summed E-state index contributed by atoms with van der Waals surface area (Å²) in [5.74, 6) is -0.497. The summed E-state index contributed by atoms with van der Waals surface area (Å²) in [7, 11) is 2.92. The van der Waals surface area contributed by atoms with Crippen molar-refractivity contribution in [3.8, 4) is 17.8 Å². The van der Waals surface area contributed by atoms with Gasteiger partial charge in [-0.05, 0) is 68.3 Å². The number of halogens is 1. The fourth-order valence-electron chi connectivity index (χ4n) is 6.49. The number of methoxy groups -OCH3 is 2. The number of ether oxygens (including phenoxy) is 4. The van der Waals surface area contributed by atoms with Gasteiger partial charge in [0, 0.05) is 32.8 Å². The van der Waals surface area contributed by atoms with Crippen molar-refractivity contribution in [2.45, 2.75) is 69.5 Å². The molecule has 0 radical (unpaired) electrons. The molecular weight excluding hydrogens is 595 g/mol. The summed E-state index contributed by atoms with van der Waals surface area (Å²) < 4.78 is 40.4. The van der Waals surface area contributed by atoms with Crippen LogP contribution in [0.15, 0.2) is 42.5 Å². The quantitative estimate of drug-likeness (QED) is 0.293. The Balaban J connectivity index is 1.35. The number of rotatable bonds is 14. The van der Waals surface area contributed by atoms with E-state index in [0.717, 1.165) is 50.0 Å². The van der Waals surface area contributed by atoms with Crippen LogP contribution in [0.25, 0.3) is 5.57 Å². The molecule has 11 nitrogen and oxygen atoms in total. The van der Waals surface area contributed by atoms with Gasteiger partial charge in [-0.2, -0.15) is 9.97 Å². The van der Waals surface area contributed by atoms with Gasteiger partial charge in [-0.25, -0.2) is 4.39 Å². The number of piperidine rings is 1. The van der Waals surface area contributed by atoms with Gasteiger partial charge in [-0.15, -0.1) is 0 Å². The van der Waals surface area contributed by atoms with Gasteiger partial charge in [0.1, 0.15) is 12.6 Å². The highest BCUT2D eigenvalue weighted by Gasteiger charge is 2.44. The lowest BCUT2D eigenvalue weighted by molar-refractivity contribution is -0.142. The SMILES string of the molecule is COc1nc(OCC2(OCCCN3CCC(O)CC3)C=CC=C(c3ccccc3C)C2F)nc(OC)c1CN1CCC[C@H]1C(=O)O. The van der Waals surface area contributed by atoms with Gasteiger partial charge in [0.15, 0.2) is 11.8 Å². The van der Waals surface area contributed by atoms with Crippen molar-refractivity contribution in [3.05, 3.63) is 59.2 Å². The van der Waals surface area contributed by atoms with Crippen LogP contribution >= 0.6 is 0 Å². The number of allylic oxidation sites excluding steroid dienone is 2. The van der Waals surface area contributed by atoms with E-state index in [4.69, 9.17) is 18.9 Å². The minimum Gasteiger partial charge on any atom is -0.481 e. The predicted octanol–water partition coefficient (Wildman–Crippen LogP) is 3.82. The second kappa shape index (κ2) is 15.3. The number of aryl methyl sites for hydroxylation is 1. The molecule has 0 amide bonds. The smallest absolute Gasteiger partial charge is 0.323 e. The second-order valence-electron chi connectivity index (χ2n) is 12.1. The number of carbonyl (C=O) groups is 1. The van der Waals surface area contributed by atoms with E-state index in [1.165, 1.54) is 14.2 Å². The number of benzene rings is 1. The zero-order valence-corrected chi connectivity index (χ0v) is 26.9. The van der Waals surface area contributed by atoms with E-state index in [-0.39, 0.29) is 37.0 Å². The van der Waals surface area contributed by atoms with E-state index in [1.807, 2.05) is 36.1 Å². The van der Waals surface area contributed by atoms with Crippen LogP contribution < -0.4 is 14.2 Å². The molecule has 3 atom stereocenters. The molecule has 250 valence electrons. The Morgan fingerprint density at radius 3 is 2.48 bits per heavy atom. The minimum atomic E-state index is -1.55. The summed E-state index contributed by atoms with van der Waals surface area (Å²) >= 11 is 0. The number of nitrogens with zero attached hydrogens (tertiary/aromatic N) is 4. The molecule has 12 heteroatoms. The average Bonchev–Trinajstić information content (AvgIpc) is 3.53. The molecule has 0 spiro atoms. The van der Waals surface area contributed by atoms with Gasteiger partial charge in [-0.1, -0.05) is 36.4 Å². The third kappa shape index (κ3) is 7.68. The summed E-state index contributed by atoms with van der Waals surface area (Å²) in [5.41, 5.74) is 1.29. The molecule has 46 heavy (non-hydrogen) atoms. The predicted molar refractivity (Wildman–Crippen MR) is 170 cm³/mol. The first-order chi connectivity index (χ1) is 22.2. The van der Waals surface area contributed by atoms with Crippen molar-refractivity contribution in [2.24, 2.45) is 0 Å². The lowest BCUT2D eigenvalue weighted by Gasteiger charge is -2.37. The van der Waals surface area contributed by atoms with E-state index in [2.05, 4.69) is 14.9 Å². The maximum absolute atomic E-state index is 16.7. The van der Waals surface area contributed by atoms with Crippen molar-refractivity contribution >= 4 is 11.5 Å². The zero-order valence-electron chi connectivity index (χ0n) is 26.9. The van der Waals surface area contributed by atoms with Gasteiger partial charge >= 0.3 is 12.0 Å². The molecule has 0 bridgehead atoms. The highest BCUT2D eigenvalue weighted by molar-refractivity contribution is 5.75. The van der Waals surface area contributed by atoms with Crippen molar-refractivity contribution < 1.29 is 38.3 Å². The van der Waals surface area contributed by atoms with Crippen molar-refractivity contribution in [1.82, 2.24) is 19.8 Å².